The molecule has 1 aromatic heterocycles. The van der Waals surface area contributed by atoms with Crippen molar-refractivity contribution < 1.29 is 24.2 Å². The van der Waals surface area contributed by atoms with Gasteiger partial charge in [-0.2, -0.15) is 0 Å². The molecule has 0 atom stereocenters. The van der Waals surface area contributed by atoms with Gasteiger partial charge in [-0.05, 0) is 18.2 Å². The number of carbonyl (C=O) groups excluding carboxylic acids is 2. The average Bonchev–Trinajstić information content (AvgIpc) is 3.25. The van der Waals surface area contributed by atoms with Crippen LogP contribution in [-0.4, -0.2) is 45.5 Å². The average molecular weight is 472 g/mol. The molecule has 3 rings (SSSR count). The van der Waals surface area contributed by atoms with Crippen LogP contribution >= 0.6 is 11.3 Å². The minimum absolute atomic E-state index is 0.100. The number of non-ortho nitro benzene ring substituents is 2. The van der Waals surface area contributed by atoms with Gasteiger partial charge in [-0.15, -0.1) is 10.2 Å². The first-order chi connectivity index (χ1) is 15.8. The minimum Gasteiger partial charge on any atom is -0.497 e. The Hall–Kier alpha value is -4.46. The smallest absolute Gasteiger partial charge is 0.277 e. The highest BCUT2D eigenvalue weighted by Crippen LogP contribution is 2.24. The maximum atomic E-state index is 12.4. The summed E-state index contributed by atoms with van der Waals surface area (Å²) in [7, 11) is 1.50. The molecule has 14 heteroatoms. The Balaban J connectivity index is 1.59. The van der Waals surface area contributed by atoms with Crippen molar-refractivity contribution in [2.75, 3.05) is 19.0 Å². The van der Waals surface area contributed by atoms with Gasteiger partial charge in [0, 0.05) is 30.7 Å². The van der Waals surface area contributed by atoms with Crippen molar-refractivity contribution in [2.45, 2.75) is 6.42 Å². The SMILES string of the molecule is COc1cccc(C(=O)NCCc2nnc(NC(=O)c3cc([N+](=O)[O-])cc([N+](=O)[O-])c3)s2)c1. The van der Waals surface area contributed by atoms with Crippen LogP contribution in [0.15, 0.2) is 42.5 Å². The van der Waals surface area contributed by atoms with Gasteiger partial charge in [-0.25, -0.2) is 0 Å². The third-order valence-electron chi connectivity index (χ3n) is 4.23. The van der Waals surface area contributed by atoms with Crippen molar-refractivity contribution >= 4 is 39.7 Å². The molecule has 0 saturated carbocycles. The number of methoxy groups -OCH3 is 1. The van der Waals surface area contributed by atoms with Crippen molar-refractivity contribution in [1.82, 2.24) is 15.5 Å². The van der Waals surface area contributed by atoms with Gasteiger partial charge >= 0.3 is 0 Å². The summed E-state index contributed by atoms with van der Waals surface area (Å²) in [5, 5.41) is 35.4. The highest BCUT2D eigenvalue weighted by molar-refractivity contribution is 7.15. The predicted molar refractivity (Wildman–Crippen MR) is 117 cm³/mol. The van der Waals surface area contributed by atoms with Crippen molar-refractivity contribution in [3.05, 3.63) is 78.8 Å². The third kappa shape index (κ3) is 6.04. The summed E-state index contributed by atoms with van der Waals surface area (Å²) in [5.41, 5.74) is -0.998. The second-order valence-corrected chi connectivity index (χ2v) is 7.51. The zero-order valence-electron chi connectivity index (χ0n) is 17.0. The number of rotatable bonds is 9. The zero-order valence-corrected chi connectivity index (χ0v) is 17.8. The van der Waals surface area contributed by atoms with E-state index in [1.54, 1.807) is 24.3 Å². The maximum absolute atomic E-state index is 12.4. The Morgan fingerprint density at radius 3 is 2.33 bits per heavy atom. The van der Waals surface area contributed by atoms with E-state index in [9.17, 15) is 29.8 Å². The zero-order chi connectivity index (χ0) is 24.0. The molecule has 0 fully saturated rings. The Morgan fingerprint density at radius 2 is 1.70 bits per heavy atom. The summed E-state index contributed by atoms with van der Waals surface area (Å²) >= 11 is 1.04. The normalized spacial score (nSPS) is 10.3. The monoisotopic (exact) mass is 472 g/mol. The van der Waals surface area contributed by atoms with Crippen molar-refractivity contribution in [2.24, 2.45) is 0 Å². The molecule has 3 aromatic rings. The van der Waals surface area contributed by atoms with E-state index in [0.29, 0.717) is 22.7 Å². The number of nitro groups is 2. The van der Waals surface area contributed by atoms with Crippen LogP contribution in [0, 0.1) is 20.2 Å². The molecule has 0 aliphatic heterocycles. The standard InChI is InChI=1S/C19H16N6O7S/c1-32-15-4-2-3-11(9-15)17(26)20-6-5-16-22-23-19(33-16)21-18(27)12-7-13(24(28)29)10-14(8-12)25(30)31/h2-4,7-10H,5-6H2,1H3,(H,20,26)(H,21,23,27). The van der Waals surface area contributed by atoms with E-state index in [-0.39, 0.29) is 23.1 Å². The summed E-state index contributed by atoms with van der Waals surface area (Å²) in [6, 6.07) is 9.29. The third-order valence-corrected chi connectivity index (χ3v) is 5.13. The first-order valence-corrected chi connectivity index (χ1v) is 10.1. The highest BCUT2D eigenvalue weighted by atomic mass is 32.1. The van der Waals surface area contributed by atoms with Crippen LogP contribution in [0.5, 0.6) is 5.75 Å². The summed E-state index contributed by atoms with van der Waals surface area (Å²) in [6.45, 7) is 0.260. The number of nitrogens with zero attached hydrogens (tertiary/aromatic N) is 4. The fourth-order valence-corrected chi connectivity index (χ4v) is 3.40. The van der Waals surface area contributed by atoms with Crippen LogP contribution in [0.2, 0.25) is 0 Å². The molecule has 0 radical (unpaired) electrons. The summed E-state index contributed by atoms with van der Waals surface area (Å²) in [6.07, 6.45) is 0.339. The molecule has 0 aliphatic carbocycles. The number of benzene rings is 2. The van der Waals surface area contributed by atoms with Crippen LogP contribution in [0.4, 0.5) is 16.5 Å². The van der Waals surface area contributed by atoms with Crippen LogP contribution in [0.3, 0.4) is 0 Å². The molecule has 2 aromatic carbocycles. The lowest BCUT2D eigenvalue weighted by Crippen LogP contribution is -2.25. The maximum Gasteiger partial charge on any atom is 0.277 e. The number of amides is 2. The number of hydrogen-bond donors (Lipinski definition) is 2. The molecule has 2 N–H and O–H groups in total. The van der Waals surface area contributed by atoms with E-state index in [1.165, 1.54) is 7.11 Å². The van der Waals surface area contributed by atoms with Gasteiger partial charge < -0.3 is 10.1 Å². The van der Waals surface area contributed by atoms with Gasteiger partial charge in [-0.1, -0.05) is 17.4 Å². The first kappa shape index (κ1) is 23.2. The fraction of sp³-hybridized carbons (Fsp3) is 0.158. The number of nitro benzene ring substituents is 2. The number of nitrogens with one attached hydrogen (secondary N) is 2. The largest absolute Gasteiger partial charge is 0.497 e. The van der Waals surface area contributed by atoms with Crippen LogP contribution in [0.25, 0.3) is 0 Å². The van der Waals surface area contributed by atoms with E-state index in [0.717, 1.165) is 29.5 Å². The Kier molecular flexibility index (Phi) is 7.20. The van der Waals surface area contributed by atoms with Gasteiger partial charge in [0.05, 0.1) is 28.6 Å². The van der Waals surface area contributed by atoms with Crippen LogP contribution in [-0.2, 0) is 6.42 Å². The van der Waals surface area contributed by atoms with E-state index in [4.69, 9.17) is 4.74 Å². The molecule has 33 heavy (non-hydrogen) atoms. The molecule has 0 saturated heterocycles. The molecule has 0 unspecified atom stereocenters. The topological polar surface area (TPSA) is 179 Å². The van der Waals surface area contributed by atoms with Crippen LogP contribution in [0.1, 0.15) is 25.7 Å². The van der Waals surface area contributed by atoms with E-state index in [2.05, 4.69) is 20.8 Å². The lowest BCUT2D eigenvalue weighted by atomic mass is 10.1. The molecule has 13 nitrogen and oxygen atoms in total. The van der Waals surface area contributed by atoms with Gasteiger partial charge in [0.25, 0.3) is 23.2 Å². The second-order valence-electron chi connectivity index (χ2n) is 6.45. The van der Waals surface area contributed by atoms with Crippen LogP contribution < -0.4 is 15.4 Å². The number of aromatic nitrogens is 2. The van der Waals surface area contributed by atoms with Gasteiger partial charge in [-0.3, -0.25) is 35.1 Å². The number of carbonyl (C=O) groups is 2. The lowest BCUT2D eigenvalue weighted by Gasteiger charge is -2.05. The molecule has 0 bridgehead atoms. The van der Waals surface area contributed by atoms with E-state index in [1.807, 2.05) is 0 Å². The second kappa shape index (κ2) is 10.2. The number of anilines is 1. The Bertz CT molecular complexity index is 1200. The molecule has 170 valence electrons. The highest BCUT2D eigenvalue weighted by Gasteiger charge is 2.20. The molecular formula is C19H16N6O7S. The summed E-state index contributed by atoms with van der Waals surface area (Å²) < 4.78 is 5.08. The number of hydrogen-bond acceptors (Lipinski definition) is 10. The van der Waals surface area contributed by atoms with Gasteiger partial charge in [0.1, 0.15) is 10.8 Å². The number of ether oxygens (including phenoxy) is 1. The van der Waals surface area contributed by atoms with Crippen molar-refractivity contribution in [3.63, 3.8) is 0 Å². The molecule has 1 heterocycles. The first-order valence-electron chi connectivity index (χ1n) is 9.26. The van der Waals surface area contributed by atoms with Gasteiger partial charge in [0.15, 0.2) is 0 Å². The van der Waals surface area contributed by atoms with Gasteiger partial charge in [0.2, 0.25) is 5.13 Å². The fourth-order valence-electron chi connectivity index (χ4n) is 2.66. The van der Waals surface area contributed by atoms with Crippen molar-refractivity contribution in [3.8, 4) is 5.75 Å². The van der Waals surface area contributed by atoms with E-state index < -0.39 is 27.1 Å². The summed E-state index contributed by atoms with van der Waals surface area (Å²) in [4.78, 5) is 44.9. The quantitative estimate of drug-likeness (QED) is 0.349. The minimum atomic E-state index is -0.827. The predicted octanol–water partition coefficient (Wildman–Crippen LogP) is 2.59. The lowest BCUT2D eigenvalue weighted by molar-refractivity contribution is -0.394. The molecule has 0 aliphatic rings. The summed E-state index contributed by atoms with van der Waals surface area (Å²) in [5.74, 6) is -0.545. The Labute approximate surface area is 189 Å². The molecular weight excluding hydrogens is 456 g/mol. The Morgan fingerprint density at radius 1 is 1.00 bits per heavy atom. The van der Waals surface area contributed by atoms with E-state index >= 15 is 0 Å². The molecule has 2 amide bonds. The van der Waals surface area contributed by atoms with Crippen molar-refractivity contribution in [1.29, 1.82) is 0 Å². The molecule has 0 spiro atoms.